The van der Waals surface area contributed by atoms with Crippen LogP contribution in [0.1, 0.15) is 22.8 Å². The summed E-state index contributed by atoms with van der Waals surface area (Å²) in [7, 11) is 0. The van der Waals surface area contributed by atoms with Crippen molar-refractivity contribution in [2.45, 2.75) is 17.8 Å². The van der Waals surface area contributed by atoms with Gasteiger partial charge in [0.15, 0.2) is 5.16 Å². The van der Waals surface area contributed by atoms with Gasteiger partial charge in [-0.1, -0.05) is 47.6 Å². The van der Waals surface area contributed by atoms with Crippen LogP contribution in [0.2, 0.25) is 5.15 Å². The highest BCUT2D eigenvalue weighted by Gasteiger charge is 2.25. The van der Waals surface area contributed by atoms with Gasteiger partial charge in [0, 0.05) is 56.7 Å². The highest BCUT2D eigenvalue weighted by molar-refractivity contribution is 7.98. The average Bonchev–Trinajstić information content (AvgIpc) is 2.87. The number of hydrogen-bond acceptors (Lipinski definition) is 7. The molecule has 35 heavy (non-hydrogen) atoms. The molecule has 1 aliphatic rings. The SMILES string of the molecule is C=CCN(CC=C)c1cc(Cl)nc(SCc2ccc(C(=O)N3CCN(C(=O)OCC)CC3)cc2)n1. The molecule has 186 valence electrons. The Hall–Kier alpha value is -3.04. The number of anilines is 1. The number of aromatic nitrogens is 2. The summed E-state index contributed by atoms with van der Waals surface area (Å²) in [5.41, 5.74) is 1.66. The lowest BCUT2D eigenvalue weighted by Crippen LogP contribution is -2.50. The molecular weight excluding hydrogens is 486 g/mol. The molecule has 0 spiro atoms. The molecular formula is C25H30ClN5O3S. The predicted molar refractivity (Wildman–Crippen MR) is 140 cm³/mol. The molecule has 1 fully saturated rings. The lowest BCUT2D eigenvalue weighted by Gasteiger charge is -2.34. The molecule has 3 rings (SSSR count). The molecule has 0 atom stereocenters. The quantitative estimate of drug-likeness (QED) is 0.199. The van der Waals surface area contributed by atoms with Crippen molar-refractivity contribution in [1.29, 1.82) is 0 Å². The van der Waals surface area contributed by atoms with Crippen molar-refractivity contribution in [3.63, 3.8) is 0 Å². The van der Waals surface area contributed by atoms with Gasteiger partial charge >= 0.3 is 6.09 Å². The number of rotatable bonds is 10. The molecule has 0 saturated carbocycles. The van der Waals surface area contributed by atoms with Gasteiger partial charge in [0.05, 0.1) is 6.61 Å². The van der Waals surface area contributed by atoms with Crippen LogP contribution in [-0.2, 0) is 10.5 Å². The molecule has 10 heteroatoms. The van der Waals surface area contributed by atoms with Gasteiger partial charge in [-0.15, -0.1) is 13.2 Å². The number of benzene rings is 1. The van der Waals surface area contributed by atoms with Crippen molar-refractivity contribution in [2.75, 3.05) is 50.8 Å². The molecule has 2 aromatic rings. The largest absolute Gasteiger partial charge is 0.450 e. The van der Waals surface area contributed by atoms with Gasteiger partial charge in [0.25, 0.3) is 5.91 Å². The highest BCUT2D eigenvalue weighted by Crippen LogP contribution is 2.25. The highest BCUT2D eigenvalue weighted by atomic mass is 35.5. The molecule has 0 N–H and O–H groups in total. The molecule has 2 amide bonds. The van der Waals surface area contributed by atoms with E-state index in [4.69, 9.17) is 16.3 Å². The first kappa shape index (κ1) is 26.6. The summed E-state index contributed by atoms with van der Waals surface area (Å²) in [6.07, 6.45) is 3.27. The molecule has 0 radical (unpaired) electrons. The molecule has 1 aromatic carbocycles. The summed E-state index contributed by atoms with van der Waals surface area (Å²) in [5, 5.41) is 0.949. The van der Waals surface area contributed by atoms with E-state index in [1.54, 1.807) is 34.9 Å². The smallest absolute Gasteiger partial charge is 0.409 e. The first-order valence-corrected chi connectivity index (χ1v) is 12.8. The summed E-state index contributed by atoms with van der Waals surface area (Å²) in [5.74, 6) is 1.31. The number of nitrogens with zero attached hydrogens (tertiary/aromatic N) is 5. The summed E-state index contributed by atoms with van der Waals surface area (Å²) in [6, 6.07) is 9.25. The lowest BCUT2D eigenvalue weighted by atomic mass is 10.1. The predicted octanol–water partition coefficient (Wildman–Crippen LogP) is 4.52. The van der Waals surface area contributed by atoms with Gasteiger partial charge in [0.1, 0.15) is 11.0 Å². The maximum absolute atomic E-state index is 12.9. The second kappa shape index (κ2) is 13.2. The molecule has 8 nitrogen and oxygen atoms in total. The number of halogens is 1. The Morgan fingerprint density at radius 2 is 1.71 bits per heavy atom. The zero-order valence-corrected chi connectivity index (χ0v) is 21.4. The molecule has 0 unspecified atom stereocenters. The summed E-state index contributed by atoms with van der Waals surface area (Å²) < 4.78 is 5.03. The minimum Gasteiger partial charge on any atom is -0.450 e. The van der Waals surface area contributed by atoms with Crippen LogP contribution in [0.3, 0.4) is 0 Å². The third-order valence-electron chi connectivity index (χ3n) is 5.35. The Morgan fingerprint density at radius 3 is 2.31 bits per heavy atom. The maximum Gasteiger partial charge on any atom is 0.409 e. The number of carbonyl (C=O) groups is 2. The molecule has 0 bridgehead atoms. The van der Waals surface area contributed by atoms with Crippen LogP contribution in [0.5, 0.6) is 0 Å². The Morgan fingerprint density at radius 1 is 1.09 bits per heavy atom. The van der Waals surface area contributed by atoms with E-state index in [-0.39, 0.29) is 12.0 Å². The van der Waals surface area contributed by atoms with Gasteiger partial charge in [-0.25, -0.2) is 14.8 Å². The van der Waals surface area contributed by atoms with E-state index < -0.39 is 0 Å². The van der Waals surface area contributed by atoms with E-state index in [9.17, 15) is 9.59 Å². The van der Waals surface area contributed by atoms with E-state index in [1.807, 2.05) is 29.2 Å². The van der Waals surface area contributed by atoms with Crippen molar-refractivity contribution in [2.24, 2.45) is 0 Å². The third kappa shape index (κ3) is 7.47. The Labute approximate surface area is 215 Å². The van der Waals surface area contributed by atoms with Crippen LogP contribution in [-0.4, -0.2) is 77.6 Å². The standard InChI is InChI=1S/C25H30ClN5O3S/c1-4-11-29(12-5-2)22-17-21(26)27-24(28-22)35-18-19-7-9-20(10-8-19)23(32)30-13-15-31(16-14-30)25(33)34-6-3/h4-5,7-10,17H,1-2,6,11-16,18H2,3H3. The zero-order chi connectivity index (χ0) is 25.2. The number of thioether (sulfide) groups is 1. The van der Waals surface area contributed by atoms with Crippen molar-refractivity contribution in [3.05, 3.63) is 71.9 Å². The van der Waals surface area contributed by atoms with Crippen molar-refractivity contribution in [1.82, 2.24) is 19.8 Å². The van der Waals surface area contributed by atoms with Crippen molar-refractivity contribution in [3.8, 4) is 0 Å². The fourth-order valence-electron chi connectivity index (χ4n) is 3.57. The Balaban J connectivity index is 1.57. The molecule has 0 aliphatic carbocycles. The first-order chi connectivity index (χ1) is 16.9. The van der Waals surface area contributed by atoms with Gasteiger partial charge in [-0.05, 0) is 24.6 Å². The van der Waals surface area contributed by atoms with Crippen molar-refractivity contribution < 1.29 is 14.3 Å². The van der Waals surface area contributed by atoms with Gasteiger partial charge < -0.3 is 19.4 Å². The van der Waals surface area contributed by atoms with E-state index >= 15 is 0 Å². The molecule has 2 heterocycles. The zero-order valence-electron chi connectivity index (χ0n) is 19.9. The number of ether oxygens (including phenoxy) is 1. The Kier molecular flexibility index (Phi) is 9.98. The average molecular weight is 516 g/mol. The van der Waals surface area contributed by atoms with Crippen LogP contribution < -0.4 is 4.90 Å². The molecule has 1 saturated heterocycles. The lowest BCUT2D eigenvalue weighted by molar-refractivity contribution is 0.0570. The summed E-state index contributed by atoms with van der Waals surface area (Å²) in [6.45, 7) is 12.9. The summed E-state index contributed by atoms with van der Waals surface area (Å²) >= 11 is 7.71. The monoisotopic (exact) mass is 515 g/mol. The van der Waals surface area contributed by atoms with E-state index in [1.165, 1.54) is 11.8 Å². The van der Waals surface area contributed by atoms with Crippen LogP contribution in [0.4, 0.5) is 10.6 Å². The fourth-order valence-corrected chi connectivity index (χ4v) is 4.60. The topological polar surface area (TPSA) is 78.9 Å². The van der Waals surface area contributed by atoms with Crippen LogP contribution in [0.25, 0.3) is 0 Å². The fraction of sp³-hybridized carbons (Fsp3) is 0.360. The van der Waals surface area contributed by atoms with Gasteiger partial charge in [-0.2, -0.15) is 0 Å². The van der Waals surface area contributed by atoms with Crippen LogP contribution >= 0.6 is 23.4 Å². The van der Waals surface area contributed by atoms with Crippen molar-refractivity contribution >= 4 is 41.2 Å². The Bertz CT molecular complexity index is 1030. The van der Waals surface area contributed by atoms with Gasteiger partial charge in [-0.3, -0.25) is 4.79 Å². The summed E-state index contributed by atoms with van der Waals surface area (Å²) in [4.78, 5) is 39.1. The first-order valence-electron chi connectivity index (χ1n) is 11.4. The number of carbonyl (C=O) groups excluding carboxylic acids is 2. The van der Waals surface area contributed by atoms with E-state index in [0.717, 1.165) is 11.4 Å². The van der Waals surface area contributed by atoms with E-state index in [0.29, 0.717) is 67.5 Å². The van der Waals surface area contributed by atoms with E-state index in [2.05, 4.69) is 23.1 Å². The molecule has 1 aliphatic heterocycles. The third-order valence-corrected chi connectivity index (χ3v) is 6.46. The minimum atomic E-state index is -0.327. The number of amides is 2. The second-order valence-electron chi connectivity index (χ2n) is 7.78. The number of hydrogen-bond donors (Lipinski definition) is 0. The van der Waals surface area contributed by atoms with Gasteiger partial charge in [0.2, 0.25) is 0 Å². The minimum absolute atomic E-state index is 0.0416. The second-order valence-corrected chi connectivity index (χ2v) is 9.11. The molecule has 1 aromatic heterocycles. The van der Waals surface area contributed by atoms with Crippen LogP contribution in [0, 0.1) is 0 Å². The normalized spacial score (nSPS) is 13.3. The number of piperazine rings is 1. The maximum atomic E-state index is 12.9. The van der Waals surface area contributed by atoms with Crippen LogP contribution in [0.15, 0.2) is 60.8 Å².